The van der Waals surface area contributed by atoms with Gasteiger partial charge in [-0.05, 0) is 30.4 Å². The zero-order valence-electron chi connectivity index (χ0n) is 12.4. The molecule has 0 saturated heterocycles. The lowest BCUT2D eigenvalue weighted by atomic mass is 9.87. The number of amides is 1. The summed E-state index contributed by atoms with van der Waals surface area (Å²) in [5.41, 5.74) is 2.41. The fraction of sp³-hybridized carbons (Fsp3) is 0.562. The van der Waals surface area contributed by atoms with Crippen molar-refractivity contribution < 1.29 is 4.79 Å². The topological polar surface area (TPSA) is 20.3 Å². The average molecular weight is 247 g/mol. The molecular weight excluding hydrogens is 222 g/mol. The van der Waals surface area contributed by atoms with E-state index in [4.69, 9.17) is 0 Å². The molecule has 0 aliphatic carbocycles. The first-order valence-corrected chi connectivity index (χ1v) is 6.53. The van der Waals surface area contributed by atoms with E-state index in [0.717, 1.165) is 5.56 Å². The third-order valence-electron chi connectivity index (χ3n) is 3.83. The average Bonchev–Trinajstić information content (AvgIpc) is 2.29. The maximum atomic E-state index is 12.3. The molecule has 0 aromatic heterocycles. The molecule has 2 heteroatoms. The normalized spacial score (nSPS) is 13.2. The summed E-state index contributed by atoms with van der Waals surface area (Å²) in [7, 11) is 1.90. The van der Waals surface area contributed by atoms with Gasteiger partial charge in [-0.25, -0.2) is 0 Å². The van der Waals surface area contributed by atoms with Crippen LogP contribution in [-0.2, 0) is 11.2 Å². The van der Waals surface area contributed by atoms with Crippen LogP contribution in [0, 0.1) is 12.3 Å². The zero-order valence-corrected chi connectivity index (χ0v) is 12.4. The van der Waals surface area contributed by atoms with Gasteiger partial charge in [0.15, 0.2) is 0 Å². The quantitative estimate of drug-likeness (QED) is 0.801. The van der Waals surface area contributed by atoms with Gasteiger partial charge in [-0.15, -0.1) is 0 Å². The fourth-order valence-electron chi connectivity index (χ4n) is 1.89. The fourth-order valence-corrected chi connectivity index (χ4v) is 1.89. The van der Waals surface area contributed by atoms with E-state index < -0.39 is 0 Å². The second-order valence-electron chi connectivity index (χ2n) is 6.15. The highest BCUT2D eigenvalue weighted by Crippen LogP contribution is 2.23. The van der Waals surface area contributed by atoms with Crippen molar-refractivity contribution in [3.63, 3.8) is 0 Å². The minimum absolute atomic E-state index is 0.107. The Morgan fingerprint density at radius 3 is 2.33 bits per heavy atom. The highest BCUT2D eigenvalue weighted by atomic mass is 16.2. The van der Waals surface area contributed by atoms with E-state index in [-0.39, 0.29) is 17.4 Å². The lowest BCUT2D eigenvalue weighted by Crippen LogP contribution is -2.43. The Labute approximate surface area is 111 Å². The molecule has 100 valence electrons. The number of rotatable bonds is 3. The van der Waals surface area contributed by atoms with Crippen LogP contribution in [0.15, 0.2) is 24.3 Å². The van der Waals surface area contributed by atoms with Crippen molar-refractivity contribution in [2.45, 2.75) is 47.1 Å². The summed E-state index contributed by atoms with van der Waals surface area (Å²) in [6.07, 6.45) is 0.490. The number of carbonyl (C=O) groups is 1. The molecular formula is C16H25NO. The molecule has 0 aliphatic heterocycles. The number of likely N-dealkylation sites (N-methyl/N-ethyl adjacent to an activating group) is 1. The number of hydrogen-bond donors (Lipinski definition) is 0. The molecule has 0 saturated carbocycles. The van der Waals surface area contributed by atoms with Gasteiger partial charge in [0.25, 0.3) is 0 Å². The Morgan fingerprint density at radius 2 is 1.83 bits per heavy atom. The van der Waals surface area contributed by atoms with Crippen LogP contribution in [0.4, 0.5) is 0 Å². The molecule has 1 aromatic rings. The Balaban J connectivity index is 2.75. The van der Waals surface area contributed by atoms with Crippen LogP contribution < -0.4 is 0 Å². The number of carbonyl (C=O) groups excluding carboxylic acids is 1. The van der Waals surface area contributed by atoms with Crippen molar-refractivity contribution in [3.05, 3.63) is 35.4 Å². The van der Waals surface area contributed by atoms with Crippen LogP contribution >= 0.6 is 0 Å². The Hall–Kier alpha value is -1.31. The summed E-state index contributed by atoms with van der Waals surface area (Å²) in [5, 5.41) is 0. The van der Waals surface area contributed by atoms with Crippen LogP contribution in [0.25, 0.3) is 0 Å². The maximum absolute atomic E-state index is 12.3. The molecule has 1 atom stereocenters. The van der Waals surface area contributed by atoms with Crippen molar-refractivity contribution in [2.75, 3.05) is 7.05 Å². The number of nitrogens with zero attached hydrogens (tertiary/aromatic N) is 1. The van der Waals surface area contributed by atoms with Crippen molar-refractivity contribution in [3.8, 4) is 0 Å². The first-order chi connectivity index (χ1) is 8.23. The van der Waals surface area contributed by atoms with Gasteiger partial charge in [-0.1, -0.05) is 45.0 Å². The van der Waals surface area contributed by atoms with Gasteiger partial charge < -0.3 is 4.90 Å². The predicted octanol–water partition coefficient (Wildman–Crippen LogP) is 3.43. The summed E-state index contributed by atoms with van der Waals surface area (Å²) in [5.74, 6) is 0.187. The molecule has 0 heterocycles. The summed E-state index contributed by atoms with van der Waals surface area (Å²) in [4.78, 5) is 14.1. The second-order valence-corrected chi connectivity index (χ2v) is 6.15. The summed E-state index contributed by atoms with van der Waals surface area (Å²) in [6.45, 7) is 10.6. The van der Waals surface area contributed by atoms with Crippen LogP contribution in [0.3, 0.4) is 0 Å². The molecule has 0 bridgehead atoms. The lowest BCUT2D eigenvalue weighted by molar-refractivity contribution is -0.132. The van der Waals surface area contributed by atoms with Gasteiger partial charge in [0.05, 0.1) is 6.42 Å². The standard InChI is InChI=1S/C16H25NO/c1-12-9-7-8-10-14(12)11-15(18)17(6)13(2)16(3,4)5/h7-10,13H,11H2,1-6H3/t13-/m1/s1. The molecule has 18 heavy (non-hydrogen) atoms. The van der Waals surface area contributed by atoms with Crippen molar-refractivity contribution >= 4 is 5.91 Å². The SMILES string of the molecule is Cc1ccccc1CC(=O)N(C)[C@H](C)C(C)(C)C. The van der Waals surface area contributed by atoms with Gasteiger partial charge in [0.1, 0.15) is 0 Å². The zero-order chi connectivity index (χ0) is 13.9. The minimum Gasteiger partial charge on any atom is -0.342 e. The largest absolute Gasteiger partial charge is 0.342 e. The van der Waals surface area contributed by atoms with Gasteiger partial charge >= 0.3 is 0 Å². The van der Waals surface area contributed by atoms with E-state index in [9.17, 15) is 4.79 Å². The van der Waals surface area contributed by atoms with Gasteiger partial charge in [-0.2, -0.15) is 0 Å². The molecule has 1 amide bonds. The van der Waals surface area contributed by atoms with E-state index in [0.29, 0.717) is 6.42 Å². The molecule has 0 unspecified atom stereocenters. The van der Waals surface area contributed by atoms with Crippen LogP contribution in [0.1, 0.15) is 38.8 Å². The third kappa shape index (κ3) is 3.59. The van der Waals surface area contributed by atoms with E-state index in [2.05, 4.69) is 40.7 Å². The molecule has 1 aromatic carbocycles. The third-order valence-corrected chi connectivity index (χ3v) is 3.83. The predicted molar refractivity (Wildman–Crippen MR) is 76.6 cm³/mol. The van der Waals surface area contributed by atoms with Crippen LogP contribution in [0.5, 0.6) is 0 Å². The summed E-state index contributed by atoms with van der Waals surface area (Å²) in [6, 6.07) is 8.31. The molecule has 0 fully saturated rings. The Kier molecular flexibility index (Phi) is 4.55. The Bertz CT molecular complexity index is 417. The molecule has 0 radical (unpaired) electrons. The van der Waals surface area contributed by atoms with E-state index in [1.807, 2.05) is 30.1 Å². The molecule has 1 rings (SSSR count). The van der Waals surface area contributed by atoms with E-state index >= 15 is 0 Å². The summed E-state index contributed by atoms with van der Waals surface area (Å²) < 4.78 is 0. The molecule has 0 N–H and O–H groups in total. The molecule has 0 spiro atoms. The van der Waals surface area contributed by atoms with Gasteiger partial charge in [0, 0.05) is 13.1 Å². The number of benzene rings is 1. The van der Waals surface area contributed by atoms with Gasteiger partial charge in [0.2, 0.25) is 5.91 Å². The first-order valence-electron chi connectivity index (χ1n) is 6.53. The van der Waals surface area contributed by atoms with Gasteiger partial charge in [-0.3, -0.25) is 4.79 Å². The van der Waals surface area contributed by atoms with Crippen molar-refractivity contribution in [1.82, 2.24) is 4.90 Å². The molecule has 0 aliphatic rings. The second kappa shape index (κ2) is 5.55. The highest BCUT2D eigenvalue weighted by Gasteiger charge is 2.26. The number of hydrogen-bond acceptors (Lipinski definition) is 1. The number of aryl methyl sites for hydroxylation is 1. The van der Waals surface area contributed by atoms with Crippen LogP contribution in [0.2, 0.25) is 0 Å². The van der Waals surface area contributed by atoms with Crippen molar-refractivity contribution in [1.29, 1.82) is 0 Å². The first kappa shape index (κ1) is 14.7. The summed E-state index contributed by atoms with van der Waals surface area (Å²) >= 11 is 0. The smallest absolute Gasteiger partial charge is 0.227 e. The van der Waals surface area contributed by atoms with E-state index in [1.165, 1.54) is 5.56 Å². The maximum Gasteiger partial charge on any atom is 0.227 e. The van der Waals surface area contributed by atoms with E-state index in [1.54, 1.807) is 0 Å². The minimum atomic E-state index is 0.107. The Morgan fingerprint density at radius 1 is 1.28 bits per heavy atom. The monoisotopic (exact) mass is 247 g/mol. The van der Waals surface area contributed by atoms with Crippen LogP contribution in [-0.4, -0.2) is 23.9 Å². The lowest BCUT2D eigenvalue weighted by Gasteiger charge is -2.35. The highest BCUT2D eigenvalue weighted by molar-refractivity contribution is 5.79. The van der Waals surface area contributed by atoms with Crippen molar-refractivity contribution in [2.24, 2.45) is 5.41 Å². The molecule has 2 nitrogen and oxygen atoms in total.